The zero-order valence-corrected chi connectivity index (χ0v) is 19.1. The molecule has 30 heavy (non-hydrogen) atoms. The molecule has 4 rings (SSSR count). The van der Waals surface area contributed by atoms with Crippen LogP contribution in [0.4, 0.5) is 5.00 Å². The number of anilines is 1. The highest BCUT2D eigenvalue weighted by atomic mass is 32.2. The summed E-state index contributed by atoms with van der Waals surface area (Å²) in [6.07, 6.45) is 3.87. The molecule has 1 aliphatic carbocycles. The largest absolute Gasteiger partial charge is 0.462 e. The summed E-state index contributed by atoms with van der Waals surface area (Å²) in [5.41, 5.74) is 1.39. The molecule has 3 aromatic rings. The summed E-state index contributed by atoms with van der Waals surface area (Å²) in [4.78, 5) is 43.9. The second-order valence-electron chi connectivity index (χ2n) is 6.87. The van der Waals surface area contributed by atoms with Gasteiger partial charge in [0.2, 0.25) is 5.91 Å². The summed E-state index contributed by atoms with van der Waals surface area (Å²) in [5.74, 6) is -0.543. The maximum Gasteiger partial charge on any atom is 0.341 e. The maximum absolute atomic E-state index is 12.7. The van der Waals surface area contributed by atoms with Gasteiger partial charge in [0.05, 0.1) is 23.3 Å². The standard InChI is InChI=1S/C20H21N3O4S3/c1-3-27-19(26)15-11-6-4-5-7-13(11)30-17(15)21-14(24)10-29-20-22-16-12(8-9-28-16)18(25)23(20)2/h8-9H,3-7,10H2,1-2H3,(H,21,24). The Labute approximate surface area is 185 Å². The van der Waals surface area contributed by atoms with Crippen LogP contribution >= 0.6 is 34.4 Å². The molecule has 7 nitrogen and oxygen atoms in total. The molecule has 3 heterocycles. The molecular weight excluding hydrogens is 442 g/mol. The van der Waals surface area contributed by atoms with Crippen LogP contribution in [-0.2, 0) is 29.4 Å². The van der Waals surface area contributed by atoms with Gasteiger partial charge >= 0.3 is 5.97 Å². The molecule has 0 fully saturated rings. The molecule has 0 radical (unpaired) electrons. The first-order valence-corrected chi connectivity index (χ1v) is 12.4. The number of nitrogens with zero attached hydrogens (tertiary/aromatic N) is 2. The van der Waals surface area contributed by atoms with Crippen molar-refractivity contribution in [2.24, 2.45) is 7.05 Å². The van der Waals surface area contributed by atoms with Gasteiger partial charge < -0.3 is 10.1 Å². The van der Waals surface area contributed by atoms with Crippen molar-refractivity contribution in [3.05, 3.63) is 37.8 Å². The Morgan fingerprint density at radius 2 is 2.13 bits per heavy atom. The molecule has 10 heteroatoms. The summed E-state index contributed by atoms with van der Waals surface area (Å²) in [6, 6.07) is 1.76. The smallest absolute Gasteiger partial charge is 0.341 e. The topological polar surface area (TPSA) is 90.3 Å². The summed E-state index contributed by atoms with van der Waals surface area (Å²) in [6.45, 7) is 2.06. The lowest BCUT2D eigenvalue weighted by Gasteiger charge is -2.12. The lowest BCUT2D eigenvalue weighted by Crippen LogP contribution is -2.21. The Bertz CT molecular complexity index is 1180. The number of ether oxygens (including phenoxy) is 1. The Morgan fingerprint density at radius 1 is 1.33 bits per heavy atom. The molecule has 0 saturated heterocycles. The fourth-order valence-corrected chi connectivity index (χ4v) is 6.35. The van der Waals surface area contributed by atoms with Crippen molar-refractivity contribution in [2.75, 3.05) is 17.7 Å². The molecule has 0 aliphatic heterocycles. The van der Waals surface area contributed by atoms with E-state index in [1.54, 1.807) is 20.0 Å². The van der Waals surface area contributed by atoms with E-state index >= 15 is 0 Å². The van der Waals surface area contributed by atoms with Gasteiger partial charge in [-0.25, -0.2) is 9.78 Å². The normalized spacial score (nSPS) is 13.3. The SMILES string of the molecule is CCOC(=O)c1c(NC(=O)CSc2nc3sccc3c(=O)n2C)sc2c1CCCC2. The third-order valence-corrected chi connectivity index (χ3v) is 7.94. The minimum Gasteiger partial charge on any atom is -0.462 e. The summed E-state index contributed by atoms with van der Waals surface area (Å²) >= 11 is 4.06. The van der Waals surface area contributed by atoms with E-state index in [0.29, 0.717) is 25.9 Å². The fourth-order valence-electron chi connectivity index (χ4n) is 3.48. The van der Waals surface area contributed by atoms with Crippen LogP contribution in [0.2, 0.25) is 0 Å². The Balaban J connectivity index is 1.52. The number of aromatic nitrogens is 2. The van der Waals surface area contributed by atoms with Gasteiger partial charge in [-0.3, -0.25) is 14.2 Å². The van der Waals surface area contributed by atoms with E-state index in [1.807, 2.05) is 5.38 Å². The van der Waals surface area contributed by atoms with Crippen molar-refractivity contribution >= 4 is 61.5 Å². The number of fused-ring (bicyclic) bond motifs is 2. The van der Waals surface area contributed by atoms with Crippen LogP contribution in [0, 0.1) is 0 Å². The molecule has 1 aliphatic rings. The number of carbonyl (C=O) groups is 2. The van der Waals surface area contributed by atoms with Crippen LogP contribution in [0.15, 0.2) is 21.4 Å². The van der Waals surface area contributed by atoms with Crippen LogP contribution in [0.3, 0.4) is 0 Å². The molecule has 158 valence electrons. The third-order valence-electron chi connectivity index (χ3n) is 4.90. The predicted molar refractivity (Wildman–Crippen MR) is 121 cm³/mol. The summed E-state index contributed by atoms with van der Waals surface area (Å²) < 4.78 is 6.69. The van der Waals surface area contributed by atoms with E-state index in [9.17, 15) is 14.4 Å². The highest BCUT2D eigenvalue weighted by molar-refractivity contribution is 7.99. The number of amides is 1. The molecule has 0 aromatic carbocycles. The number of thioether (sulfide) groups is 1. The number of nitrogens with one attached hydrogen (secondary N) is 1. The van der Waals surface area contributed by atoms with E-state index in [0.717, 1.165) is 36.1 Å². The predicted octanol–water partition coefficient (Wildman–Crippen LogP) is 3.84. The number of thiophene rings is 2. The second-order valence-corrected chi connectivity index (χ2v) is 9.81. The van der Waals surface area contributed by atoms with Gasteiger partial charge in [-0.05, 0) is 49.6 Å². The van der Waals surface area contributed by atoms with E-state index < -0.39 is 0 Å². The first-order chi connectivity index (χ1) is 14.5. The molecule has 0 spiro atoms. The van der Waals surface area contributed by atoms with Gasteiger partial charge in [-0.15, -0.1) is 22.7 Å². The van der Waals surface area contributed by atoms with E-state index in [4.69, 9.17) is 4.74 Å². The van der Waals surface area contributed by atoms with Gasteiger partial charge in [0.15, 0.2) is 5.16 Å². The second kappa shape index (κ2) is 8.91. The van der Waals surface area contributed by atoms with Crippen molar-refractivity contribution in [3.8, 4) is 0 Å². The minimum atomic E-state index is -0.382. The third kappa shape index (κ3) is 4.03. The van der Waals surface area contributed by atoms with E-state index in [1.165, 1.54) is 39.0 Å². The number of aryl methyl sites for hydroxylation is 1. The lowest BCUT2D eigenvalue weighted by molar-refractivity contribution is -0.113. The van der Waals surface area contributed by atoms with Crippen molar-refractivity contribution in [1.82, 2.24) is 9.55 Å². The van der Waals surface area contributed by atoms with Gasteiger partial charge in [-0.1, -0.05) is 11.8 Å². The number of carbonyl (C=O) groups excluding carboxylic acids is 2. The molecule has 0 saturated carbocycles. The van der Waals surface area contributed by atoms with Crippen molar-refractivity contribution in [2.45, 2.75) is 37.8 Å². The number of hydrogen-bond donors (Lipinski definition) is 1. The van der Waals surface area contributed by atoms with Crippen LogP contribution in [0.1, 0.15) is 40.6 Å². The average Bonchev–Trinajstić information content (AvgIpc) is 3.34. The van der Waals surface area contributed by atoms with E-state index in [2.05, 4.69) is 10.3 Å². The molecular formula is C20H21N3O4S3. The van der Waals surface area contributed by atoms with Crippen LogP contribution in [-0.4, -0.2) is 33.8 Å². The summed E-state index contributed by atoms with van der Waals surface area (Å²) in [5, 5.41) is 6.35. The van der Waals surface area contributed by atoms with Crippen molar-refractivity contribution in [1.29, 1.82) is 0 Å². The number of hydrogen-bond acceptors (Lipinski definition) is 8. The highest BCUT2D eigenvalue weighted by Gasteiger charge is 2.27. The molecule has 1 N–H and O–H groups in total. The van der Waals surface area contributed by atoms with Crippen molar-refractivity contribution in [3.63, 3.8) is 0 Å². The van der Waals surface area contributed by atoms with Gasteiger partial charge in [-0.2, -0.15) is 0 Å². The van der Waals surface area contributed by atoms with Gasteiger partial charge in [0.1, 0.15) is 9.83 Å². The first kappa shape index (κ1) is 21.1. The summed E-state index contributed by atoms with van der Waals surface area (Å²) in [7, 11) is 1.65. The van der Waals surface area contributed by atoms with Gasteiger partial charge in [0, 0.05) is 11.9 Å². The molecule has 0 bridgehead atoms. The molecule has 3 aromatic heterocycles. The average molecular weight is 464 g/mol. The minimum absolute atomic E-state index is 0.0853. The quantitative estimate of drug-likeness (QED) is 0.339. The highest BCUT2D eigenvalue weighted by Crippen LogP contribution is 2.38. The maximum atomic E-state index is 12.7. The Morgan fingerprint density at radius 3 is 2.93 bits per heavy atom. The zero-order chi connectivity index (χ0) is 21.3. The zero-order valence-electron chi connectivity index (χ0n) is 16.6. The lowest BCUT2D eigenvalue weighted by atomic mass is 9.95. The van der Waals surface area contributed by atoms with Crippen LogP contribution in [0.5, 0.6) is 0 Å². The van der Waals surface area contributed by atoms with Gasteiger partial charge in [0.25, 0.3) is 5.56 Å². The molecule has 0 unspecified atom stereocenters. The first-order valence-electron chi connectivity index (χ1n) is 9.68. The fraction of sp³-hybridized carbons (Fsp3) is 0.400. The van der Waals surface area contributed by atoms with Crippen LogP contribution in [0.25, 0.3) is 10.2 Å². The number of esters is 1. The van der Waals surface area contributed by atoms with E-state index in [-0.39, 0.29) is 29.8 Å². The van der Waals surface area contributed by atoms with Crippen LogP contribution < -0.4 is 10.9 Å². The molecule has 0 atom stereocenters. The van der Waals surface area contributed by atoms with Crippen molar-refractivity contribution < 1.29 is 14.3 Å². The Hall–Kier alpha value is -2.17. The Kier molecular flexibility index (Phi) is 6.26. The monoisotopic (exact) mass is 463 g/mol. The number of rotatable bonds is 6. The molecule has 1 amide bonds.